The Labute approximate surface area is 176 Å². The Morgan fingerprint density at radius 1 is 0.839 bits per heavy atom. The largest absolute Gasteiger partial charge is 0.264 e. The molecule has 0 spiro atoms. The quantitative estimate of drug-likeness (QED) is 0.432. The van der Waals surface area contributed by atoms with E-state index in [4.69, 9.17) is 0 Å². The van der Waals surface area contributed by atoms with E-state index in [1.165, 1.54) is 23.9 Å². The van der Waals surface area contributed by atoms with Crippen molar-refractivity contribution >= 4 is 0 Å². The molecule has 0 saturated heterocycles. The van der Waals surface area contributed by atoms with Crippen LogP contribution in [-0.4, -0.2) is 29.9 Å². The van der Waals surface area contributed by atoms with Crippen LogP contribution >= 0.6 is 0 Å². The van der Waals surface area contributed by atoms with Gasteiger partial charge in [0.2, 0.25) is 0 Å². The van der Waals surface area contributed by atoms with Crippen molar-refractivity contribution in [2.24, 2.45) is 0 Å². The zero-order valence-electron chi connectivity index (χ0n) is 16.5. The van der Waals surface area contributed by atoms with Gasteiger partial charge in [-0.15, -0.1) is 0 Å². The summed E-state index contributed by atoms with van der Waals surface area (Å²) in [5, 5.41) is 12.9. The fraction of sp³-hybridized carbons (Fsp3) is 0.0870. The van der Waals surface area contributed by atoms with Crippen LogP contribution in [0.15, 0.2) is 67.0 Å². The molecule has 31 heavy (non-hydrogen) atoms. The van der Waals surface area contributed by atoms with E-state index in [-0.39, 0.29) is 11.4 Å². The van der Waals surface area contributed by atoms with Gasteiger partial charge in [-0.05, 0) is 31.2 Å². The van der Waals surface area contributed by atoms with Crippen molar-refractivity contribution < 1.29 is 8.78 Å². The van der Waals surface area contributed by atoms with Gasteiger partial charge >= 0.3 is 0 Å². The summed E-state index contributed by atoms with van der Waals surface area (Å²) in [7, 11) is 0. The normalized spacial score (nSPS) is 11.2. The first-order valence-corrected chi connectivity index (χ1v) is 9.61. The van der Waals surface area contributed by atoms with Gasteiger partial charge in [0.05, 0.1) is 35.9 Å². The first-order chi connectivity index (χ1) is 15.1. The fourth-order valence-corrected chi connectivity index (χ4v) is 3.23. The number of rotatable bonds is 4. The van der Waals surface area contributed by atoms with Crippen LogP contribution in [0.1, 0.15) is 11.3 Å². The molecule has 0 unspecified atom stereocenters. The lowest BCUT2D eigenvalue weighted by molar-refractivity contribution is 0.510. The van der Waals surface area contributed by atoms with Gasteiger partial charge in [-0.25, -0.2) is 18.7 Å². The van der Waals surface area contributed by atoms with E-state index in [9.17, 15) is 8.78 Å². The van der Waals surface area contributed by atoms with Crippen molar-refractivity contribution in [2.45, 2.75) is 13.5 Å². The van der Waals surface area contributed by atoms with Gasteiger partial charge in [-0.1, -0.05) is 35.9 Å². The zero-order chi connectivity index (χ0) is 21.4. The number of hydrogen-bond acceptors (Lipinski definition) is 5. The summed E-state index contributed by atoms with van der Waals surface area (Å²) in [6.07, 6.45) is 3.23. The Morgan fingerprint density at radius 2 is 1.65 bits per heavy atom. The molecule has 0 atom stereocenters. The molecule has 5 rings (SSSR count). The summed E-state index contributed by atoms with van der Waals surface area (Å²) in [5.41, 5.74) is 4.74. The highest BCUT2D eigenvalue weighted by Gasteiger charge is 2.18. The molecule has 3 aromatic rings. The van der Waals surface area contributed by atoms with Gasteiger partial charge < -0.3 is 0 Å². The molecular weight excluding hydrogens is 398 g/mol. The lowest BCUT2D eigenvalue weighted by Crippen LogP contribution is -2.07. The van der Waals surface area contributed by atoms with Crippen LogP contribution in [0.25, 0.3) is 34.0 Å². The van der Waals surface area contributed by atoms with Gasteiger partial charge in [0.15, 0.2) is 17.5 Å². The number of imidazole rings is 1. The maximum atomic E-state index is 14.1. The Kier molecular flexibility index (Phi) is 4.66. The second kappa shape index (κ2) is 7.64. The average Bonchev–Trinajstić information content (AvgIpc) is 3.20. The number of hydrogen-bond donors (Lipinski definition) is 0. The summed E-state index contributed by atoms with van der Waals surface area (Å²) in [6, 6.07) is 15.8. The topological polar surface area (TPSA) is 69.4 Å². The molecule has 0 N–H and O–H groups in total. The van der Waals surface area contributed by atoms with Gasteiger partial charge in [0.25, 0.3) is 0 Å². The summed E-state index contributed by atoms with van der Waals surface area (Å²) < 4.78 is 29.2. The van der Waals surface area contributed by atoms with Crippen molar-refractivity contribution in [1.82, 2.24) is 29.9 Å². The van der Waals surface area contributed by atoms with Crippen molar-refractivity contribution in [2.75, 3.05) is 0 Å². The van der Waals surface area contributed by atoms with Crippen LogP contribution in [0, 0.1) is 18.6 Å². The lowest BCUT2D eigenvalue weighted by Gasteiger charge is -2.06. The molecule has 0 saturated carbocycles. The molecule has 0 radical (unpaired) electrons. The summed E-state index contributed by atoms with van der Waals surface area (Å²) in [5.74, 6) is -1.79. The van der Waals surface area contributed by atoms with Crippen molar-refractivity contribution in [3.8, 4) is 34.0 Å². The monoisotopic (exact) mass is 414 g/mol. The summed E-state index contributed by atoms with van der Waals surface area (Å²) >= 11 is 0. The molecule has 6 nitrogen and oxygen atoms in total. The van der Waals surface area contributed by atoms with E-state index in [0.29, 0.717) is 17.9 Å². The highest BCUT2D eigenvalue weighted by Crippen LogP contribution is 2.27. The van der Waals surface area contributed by atoms with Crippen molar-refractivity contribution in [3.63, 3.8) is 0 Å². The van der Waals surface area contributed by atoms with Gasteiger partial charge in [-0.2, -0.15) is 15.3 Å². The van der Waals surface area contributed by atoms with Crippen LogP contribution in [-0.2, 0) is 6.54 Å². The standard InChI is InChI=1S/C23H16F2N6/c1-14-5-7-15(8-6-14)19-10-9-16(29-30-19)12-31-13-21-20(11-26-31)27-23(28-21)17-3-2-4-18(24)22(17)25/h2-11,13H,12H2,1H3. The van der Waals surface area contributed by atoms with E-state index in [2.05, 4.69) is 25.3 Å². The maximum absolute atomic E-state index is 14.1. The predicted molar refractivity (Wildman–Crippen MR) is 111 cm³/mol. The average molecular weight is 414 g/mol. The molecule has 2 aliphatic rings. The fourth-order valence-electron chi connectivity index (χ4n) is 3.23. The van der Waals surface area contributed by atoms with Crippen LogP contribution in [0.5, 0.6) is 0 Å². The van der Waals surface area contributed by atoms with Gasteiger partial charge in [0.1, 0.15) is 11.4 Å². The minimum Gasteiger partial charge on any atom is -0.264 e. The van der Waals surface area contributed by atoms with E-state index in [1.54, 1.807) is 10.9 Å². The first-order valence-electron chi connectivity index (χ1n) is 9.61. The molecule has 1 aromatic heterocycles. The van der Waals surface area contributed by atoms with E-state index < -0.39 is 11.6 Å². The molecule has 0 bridgehead atoms. The third kappa shape index (κ3) is 3.75. The Bertz CT molecular complexity index is 1330. The molecule has 0 amide bonds. The molecule has 152 valence electrons. The van der Waals surface area contributed by atoms with Crippen LogP contribution < -0.4 is 0 Å². The van der Waals surface area contributed by atoms with Crippen molar-refractivity contribution in [3.05, 3.63) is 89.9 Å². The third-order valence-corrected chi connectivity index (χ3v) is 4.90. The number of aryl methyl sites for hydroxylation is 1. The minimum absolute atomic E-state index is 0.0142. The number of aromatic nitrogens is 6. The van der Waals surface area contributed by atoms with E-state index in [0.717, 1.165) is 23.0 Å². The molecule has 2 aromatic carbocycles. The number of benzene rings is 2. The Hall–Kier alpha value is -4.07. The molecular formula is C23H16F2N6. The molecule has 3 heterocycles. The predicted octanol–water partition coefficient (Wildman–Crippen LogP) is 4.54. The second-order valence-corrected chi connectivity index (χ2v) is 7.17. The third-order valence-electron chi connectivity index (χ3n) is 4.90. The number of halogens is 2. The molecule has 2 aliphatic heterocycles. The zero-order valence-corrected chi connectivity index (χ0v) is 16.5. The molecule has 0 fully saturated rings. The maximum Gasteiger partial charge on any atom is 0.169 e. The van der Waals surface area contributed by atoms with Gasteiger partial charge in [-0.3, -0.25) is 4.68 Å². The first kappa shape index (κ1) is 18.9. The SMILES string of the molecule is Cc1ccc(-c2ccc(Cn3cc4nc(-c5cccc(F)c5F)nc-4cn3)nn2)cc1. The number of fused-ring (bicyclic) bond motifs is 1. The summed E-state index contributed by atoms with van der Waals surface area (Å²) in [4.78, 5) is 8.60. The van der Waals surface area contributed by atoms with Crippen LogP contribution in [0.2, 0.25) is 0 Å². The van der Waals surface area contributed by atoms with Crippen LogP contribution in [0.4, 0.5) is 8.78 Å². The highest BCUT2D eigenvalue weighted by molar-refractivity contribution is 5.65. The van der Waals surface area contributed by atoms with E-state index >= 15 is 0 Å². The summed E-state index contributed by atoms with van der Waals surface area (Å²) in [6.45, 7) is 2.42. The van der Waals surface area contributed by atoms with E-state index in [1.807, 2.05) is 43.3 Å². The number of nitrogens with zero attached hydrogens (tertiary/aromatic N) is 6. The van der Waals surface area contributed by atoms with Gasteiger partial charge in [0, 0.05) is 5.56 Å². The van der Waals surface area contributed by atoms with Crippen molar-refractivity contribution in [1.29, 1.82) is 0 Å². The minimum atomic E-state index is -0.970. The Morgan fingerprint density at radius 3 is 2.42 bits per heavy atom. The molecule has 8 heteroatoms. The second-order valence-electron chi connectivity index (χ2n) is 7.17. The molecule has 0 aliphatic carbocycles. The highest BCUT2D eigenvalue weighted by atomic mass is 19.2. The Balaban J connectivity index is 1.39. The smallest absolute Gasteiger partial charge is 0.169 e. The lowest BCUT2D eigenvalue weighted by atomic mass is 10.1. The van der Waals surface area contributed by atoms with Crippen LogP contribution in [0.3, 0.4) is 0 Å².